The summed E-state index contributed by atoms with van der Waals surface area (Å²) in [7, 11) is 0. The van der Waals surface area contributed by atoms with E-state index in [1.165, 1.54) is 0 Å². The molecule has 0 aliphatic heterocycles. The molecule has 0 saturated heterocycles. The van der Waals surface area contributed by atoms with Crippen molar-refractivity contribution >= 4 is 11.6 Å². The maximum atomic E-state index is 10.4. The van der Waals surface area contributed by atoms with Crippen molar-refractivity contribution in [2.24, 2.45) is 0 Å². The largest absolute Gasteiger partial charge is 0.291 e. The van der Waals surface area contributed by atoms with Crippen LogP contribution in [-0.4, -0.2) is 11.6 Å². The average Bonchev–Trinajstić information content (AvgIpc) is 2.00. The number of hydrogen-bond donors (Lipinski definition) is 0. The number of carbonyl (C=O) groups is 2. The third-order valence-electron chi connectivity index (χ3n) is 1.37. The molecule has 0 aromatic rings. The smallest absolute Gasteiger partial charge is 0.198 e. The molecule has 0 unspecified atom stereocenters. The molecule has 0 N–H and O–H groups in total. The predicted octanol–water partition coefficient (Wildman–Crippen LogP) is 1.72. The highest BCUT2D eigenvalue weighted by Gasteiger charge is 2.16. The topological polar surface area (TPSA) is 34.1 Å². The summed E-state index contributed by atoms with van der Waals surface area (Å²) in [5, 5.41) is 0. The van der Waals surface area contributed by atoms with Gasteiger partial charge >= 0.3 is 0 Å². The van der Waals surface area contributed by atoms with E-state index in [1.807, 2.05) is 13.8 Å². The van der Waals surface area contributed by atoms with Gasteiger partial charge in [-0.15, -0.1) is 0 Å². The van der Waals surface area contributed by atoms with Gasteiger partial charge in [-0.2, -0.15) is 0 Å². The molecular weight excluding hydrogens is 128 g/mol. The van der Waals surface area contributed by atoms with Crippen LogP contribution in [0, 0.1) is 0 Å². The van der Waals surface area contributed by atoms with Gasteiger partial charge in [-0.05, 0) is 12.8 Å². The molecule has 0 radical (unpaired) electrons. The second-order valence-electron chi connectivity index (χ2n) is 2.05. The Balaban J connectivity index is 0.000000371. The van der Waals surface area contributed by atoms with Crippen LogP contribution in [0.2, 0.25) is 0 Å². The highest BCUT2D eigenvalue weighted by Crippen LogP contribution is 2.09. The van der Waals surface area contributed by atoms with Crippen molar-refractivity contribution in [3.63, 3.8) is 0 Å². The summed E-state index contributed by atoms with van der Waals surface area (Å²) in [5.74, 6) is -0.340. The summed E-state index contributed by atoms with van der Waals surface area (Å²) < 4.78 is 0. The number of ketones is 2. The molecule has 1 aliphatic carbocycles. The minimum atomic E-state index is -0.170. The summed E-state index contributed by atoms with van der Waals surface area (Å²) in [6.45, 7) is 4.00. The fourth-order valence-electron chi connectivity index (χ4n) is 0.850. The molecule has 0 heterocycles. The van der Waals surface area contributed by atoms with E-state index in [1.54, 1.807) is 0 Å². The van der Waals surface area contributed by atoms with Crippen LogP contribution in [0.4, 0.5) is 0 Å². The SMILES string of the molecule is CC.O=C1CCCCC1=O. The predicted molar refractivity (Wildman–Crippen MR) is 39.8 cm³/mol. The Bertz CT molecular complexity index is 111. The average molecular weight is 142 g/mol. The maximum Gasteiger partial charge on any atom is 0.198 e. The van der Waals surface area contributed by atoms with Gasteiger partial charge in [0.15, 0.2) is 11.6 Å². The summed E-state index contributed by atoms with van der Waals surface area (Å²) in [6.07, 6.45) is 2.78. The zero-order chi connectivity index (χ0) is 7.98. The Morgan fingerprint density at radius 1 is 0.900 bits per heavy atom. The van der Waals surface area contributed by atoms with Crippen LogP contribution in [0.3, 0.4) is 0 Å². The lowest BCUT2D eigenvalue weighted by Crippen LogP contribution is -2.17. The molecule has 1 fully saturated rings. The maximum absolute atomic E-state index is 10.4. The van der Waals surface area contributed by atoms with Gasteiger partial charge in [0.1, 0.15) is 0 Å². The Morgan fingerprint density at radius 2 is 1.20 bits per heavy atom. The standard InChI is InChI=1S/C6H8O2.C2H6/c7-5-3-1-2-4-6(5)8;1-2/h1-4H2;1-2H3. The number of hydrogen-bond acceptors (Lipinski definition) is 2. The fourth-order valence-corrected chi connectivity index (χ4v) is 0.850. The Hall–Kier alpha value is -0.660. The summed E-state index contributed by atoms with van der Waals surface area (Å²) in [6, 6.07) is 0. The third kappa shape index (κ3) is 2.76. The second kappa shape index (κ2) is 5.15. The van der Waals surface area contributed by atoms with Crippen LogP contribution in [0.15, 0.2) is 0 Å². The molecular formula is C8H14O2. The summed E-state index contributed by atoms with van der Waals surface area (Å²) >= 11 is 0. The van der Waals surface area contributed by atoms with E-state index in [9.17, 15) is 9.59 Å². The van der Waals surface area contributed by atoms with Crippen molar-refractivity contribution in [1.82, 2.24) is 0 Å². The Labute approximate surface area is 61.6 Å². The van der Waals surface area contributed by atoms with E-state index in [0.717, 1.165) is 12.8 Å². The van der Waals surface area contributed by atoms with E-state index in [2.05, 4.69) is 0 Å². The lowest BCUT2D eigenvalue weighted by Gasteiger charge is -2.04. The van der Waals surface area contributed by atoms with Gasteiger partial charge < -0.3 is 0 Å². The second-order valence-corrected chi connectivity index (χ2v) is 2.05. The molecule has 0 amide bonds. The Kier molecular flexibility index (Phi) is 4.81. The van der Waals surface area contributed by atoms with E-state index in [-0.39, 0.29) is 11.6 Å². The molecule has 0 aromatic heterocycles. The quantitative estimate of drug-likeness (QED) is 0.482. The van der Waals surface area contributed by atoms with Gasteiger partial charge in [0.2, 0.25) is 0 Å². The van der Waals surface area contributed by atoms with Crippen LogP contribution in [-0.2, 0) is 9.59 Å². The highest BCUT2D eigenvalue weighted by molar-refractivity contribution is 6.37. The molecule has 0 atom stereocenters. The normalized spacial score (nSPS) is 17.8. The number of rotatable bonds is 0. The van der Waals surface area contributed by atoms with Crippen molar-refractivity contribution in [2.45, 2.75) is 39.5 Å². The van der Waals surface area contributed by atoms with E-state index < -0.39 is 0 Å². The van der Waals surface area contributed by atoms with Gasteiger partial charge in [-0.3, -0.25) is 9.59 Å². The van der Waals surface area contributed by atoms with E-state index in [4.69, 9.17) is 0 Å². The summed E-state index contributed by atoms with van der Waals surface area (Å²) in [4.78, 5) is 20.9. The van der Waals surface area contributed by atoms with Crippen LogP contribution in [0.1, 0.15) is 39.5 Å². The lowest BCUT2D eigenvalue weighted by molar-refractivity contribution is -0.137. The molecule has 2 nitrogen and oxygen atoms in total. The molecule has 2 heteroatoms. The third-order valence-corrected chi connectivity index (χ3v) is 1.37. The molecule has 1 saturated carbocycles. The van der Waals surface area contributed by atoms with Crippen LogP contribution in [0.5, 0.6) is 0 Å². The van der Waals surface area contributed by atoms with Crippen molar-refractivity contribution in [2.75, 3.05) is 0 Å². The van der Waals surface area contributed by atoms with Crippen molar-refractivity contribution in [1.29, 1.82) is 0 Å². The fraction of sp³-hybridized carbons (Fsp3) is 0.750. The lowest BCUT2D eigenvalue weighted by atomic mass is 9.98. The molecule has 0 aromatic carbocycles. The van der Waals surface area contributed by atoms with Crippen LogP contribution < -0.4 is 0 Å². The van der Waals surface area contributed by atoms with Crippen LogP contribution >= 0.6 is 0 Å². The van der Waals surface area contributed by atoms with E-state index in [0.29, 0.717) is 12.8 Å². The van der Waals surface area contributed by atoms with Gasteiger partial charge in [-0.25, -0.2) is 0 Å². The van der Waals surface area contributed by atoms with Gasteiger partial charge in [0, 0.05) is 12.8 Å². The van der Waals surface area contributed by atoms with Crippen molar-refractivity contribution < 1.29 is 9.59 Å². The van der Waals surface area contributed by atoms with E-state index >= 15 is 0 Å². The first kappa shape index (κ1) is 9.34. The first-order valence-electron chi connectivity index (χ1n) is 3.87. The number of carbonyl (C=O) groups excluding carboxylic acids is 2. The van der Waals surface area contributed by atoms with Gasteiger partial charge in [0.05, 0.1) is 0 Å². The number of Topliss-reactive ketones (excluding diaryl/α,β-unsaturated/α-hetero) is 2. The molecule has 0 spiro atoms. The van der Waals surface area contributed by atoms with Crippen molar-refractivity contribution in [3.05, 3.63) is 0 Å². The molecule has 1 aliphatic rings. The molecule has 1 rings (SSSR count). The molecule has 0 bridgehead atoms. The van der Waals surface area contributed by atoms with Crippen molar-refractivity contribution in [3.8, 4) is 0 Å². The minimum Gasteiger partial charge on any atom is -0.291 e. The first-order chi connectivity index (χ1) is 4.80. The Morgan fingerprint density at radius 3 is 1.40 bits per heavy atom. The zero-order valence-corrected chi connectivity index (χ0v) is 6.64. The molecule has 58 valence electrons. The monoisotopic (exact) mass is 142 g/mol. The van der Waals surface area contributed by atoms with Gasteiger partial charge in [-0.1, -0.05) is 13.8 Å². The van der Waals surface area contributed by atoms with Crippen LogP contribution in [0.25, 0.3) is 0 Å². The highest BCUT2D eigenvalue weighted by atomic mass is 16.2. The molecule has 10 heavy (non-hydrogen) atoms. The first-order valence-corrected chi connectivity index (χ1v) is 3.87. The van der Waals surface area contributed by atoms with Gasteiger partial charge in [0.25, 0.3) is 0 Å². The minimum absolute atomic E-state index is 0.170. The zero-order valence-electron chi connectivity index (χ0n) is 6.64. The summed E-state index contributed by atoms with van der Waals surface area (Å²) in [5.41, 5.74) is 0.